The summed E-state index contributed by atoms with van der Waals surface area (Å²) in [6.45, 7) is 0.317. The number of hydrogen-bond donors (Lipinski definition) is 2. The van der Waals surface area contributed by atoms with E-state index in [9.17, 15) is 15.0 Å². The summed E-state index contributed by atoms with van der Waals surface area (Å²) < 4.78 is 22.2. The first-order chi connectivity index (χ1) is 13.9. The molecule has 2 N–H and O–H groups in total. The molecule has 0 amide bonds. The molecule has 7 nitrogen and oxygen atoms in total. The third-order valence-corrected chi connectivity index (χ3v) is 6.64. The predicted octanol–water partition coefficient (Wildman–Crippen LogP) is 3.36. The molecule has 2 aromatic rings. The van der Waals surface area contributed by atoms with Crippen molar-refractivity contribution in [2.75, 3.05) is 27.9 Å². The number of halogens is 1. The number of fused-ring (bicyclic) bond motifs is 2. The Bertz CT molecular complexity index is 962. The van der Waals surface area contributed by atoms with E-state index in [1.165, 1.54) is 27.4 Å². The van der Waals surface area contributed by atoms with Crippen LogP contribution in [0, 0.1) is 11.8 Å². The highest BCUT2D eigenvalue weighted by atomic mass is 79.9. The number of carbonyl (C=O) groups excluding carboxylic acids is 1. The lowest BCUT2D eigenvalue weighted by atomic mass is 9.67. The van der Waals surface area contributed by atoms with Crippen LogP contribution in [0.15, 0.2) is 22.7 Å². The third-order valence-electron chi connectivity index (χ3n) is 5.78. The largest absolute Gasteiger partial charge is 0.504 e. The Hall–Kier alpha value is -2.61. The molecule has 1 fully saturated rings. The van der Waals surface area contributed by atoms with E-state index in [0.717, 1.165) is 16.7 Å². The number of phenols is 2. The molecule has 2 aliphatic rings. The van der Waals surface area contributed by atoms with Crippen molar-refractivity contribution >= 4 is 21.9 Å². The van der Waals surface area contributed by atoms with Gasteiger partial charge in [-0.15, -0.1) is 0 Å². The molecule has 3 atom stereocenters. The Labute approximate surface area is 176 Å². The second-order valence-corrected chi connectivity index (χ2v) is 7.98. The molecule has 0 aromatic heterocycles. The van der Waals surface area contributed by atoms with Crippen molar-refractivity contribution < 1.29 is 34.0 Å². The maximum absolute atomic E-state index is 12.6. The van der Waals surface area contributed by atoms with E-state index in [-0.39, 0.29) is 23.4 Å². The summed E-state index contributed by atoms with van der Waals surface area (Å²) >= 11 is 3.40. The molecule has 1 aliphatic heterocycles. The first kappa shape index (κ1) is 19.7. The molecule has 8 heteroatoms. The molecule has 1 heterocycles. The summed E-state index contributed by atoms with van der Waals surface area (Å²) in [5.41, 5.74) is 2.37. The van der Waals surface area contributed by atoms with Crippen molar-refractivity contribution in [3.05, 3.63) is 39.4 Å². The Morgan fingerprint density at radius 2 is 1.72 bits per heavy atom. The summed E-state index contributed by atoms with van der Waals surface area (Å²) in [5, 5.41) is 20.4. The van der Waals surface area contributed by atoms with E-state index < -0.39 is 11.8 Å². The minimum atomic E-state index is -0.416. The van der Waals surface area contributed by atoms with Gasteiger partial charge in [0.2, 0.25) is 5.75 Å². The fourth-order valence-corrected chi connectivity index (χ4v) is 5.06. The molecule has 0 unspecified atom stereocenters. The van der Waals surface area contributed by atoms with Gasteiger partial charge in [0.25, 0.3) is 0 Å². The minimum absolute atomic E-state index is 0.0423. The zero-order valence-corrected chi connectivity index (χ0v) is 17.8. The molecule has 0 spiro atoms. The van der Waals surface area contributed by atoms with Crippen molar-refractivity contribution in [1.82, 2.24) is 0 Å². The van der Waals surface area contributed by atoms with Gasteiger partial charge in [-0.1, -0.05) is 0 Å². The molecule has 0 saturated carbocycles. The van der Waals surface area contributed by atoms with Crippen LogP contribution in [0.5, 0.6) is 28.7 Å². The standard InChI is InChI=1S/C21H21BrO7/c1-26-14-5-9(6-15(27-2)20(14)28-3)16-11-7-13(23)19(24)18(22)12(11)4-10-8-29-21(25)17(10)16/h5-7,10,16-17,23-24H,4,8H2,1-3H3/t10-,16+,17-/m0/s1. The van der Waals surface area contributed by atoms with Crippen LogP contribution < -0.4 is 14.2 Å². The van der Waals surface area contributed by atoms with Crippen molar-refractivity contribution in [1.29, 1.82) is 0 Å². The van der Waals surface area contributed by atoms with E-state index in [1.807, 2.05) is 12.1 Å². The van der Waals surface area contributed by atoms with Gasteiger partial charge in [0.1, 0.15) is 0 Å². The van der Waals surface area contributed by atoms with Gasteiger partial charge in [0, 0.05) is 11.8 Å². The number of hydrogen-bond acceptors (Lipinski definition) is 7. The van der Waals surface area contributed by atoms with Gasteiger partial charge in [0.05, 0.1) is 38.3 Å². The topological polar surface area (TPSA) is 94.5 Å². The molecule has 0 bridgehead atoms. The van der Waals surface area contributed by atoms with E-state index >= 15 is 0 Å². The highest BCUT2D eigenvalue weighted by Crippen LogP contribution is 2.53. The molecular formula is C21H21BrO7. The smallest absolute Gasteiger partial charge is 0.310 e. The fourth-order valence-electron chi connectivity index (χ4n) is 4.47. The van der Waals surface area contributed by atoms with E-state index in [1.54, 1.807) is 0 Å². The summed E-state index contributed by atoms with van der Waals surface area (Å²) in [6, 6.07) is 5.13. The third kappa shape index (κ3) is 2.97. The van der Waals surface area contributed by atoms with Crippen LogP contribution in [0.3, 0.4) is 0 Å². The van der Waals surface area contributed by atoms with Crippen LogP contribution in [-0.4, -0.2) is 44.1 Å². The van der Waals surface area contributed by atoms with Crippen molar-refractivity contribution in [2.24, 2.45) is 11.8 Å². The molecule has 1 aliphatic carbocycles. The highest BCUT2D eigenvalue weighted by molar-refractivity contribution is 9.10. The quantitative estimate of drug-likeness (QED) is 0.528. The summed E-state index contributed by atoms with van der Waals surface area (Å²) in [5.74, 6) is -0.208. The van der Waals surface area contributed by atoms with E-state index in [0.29, 0.717) is 34.7 Å². The normalized spacial score (nSPS) is 22.5. The van der Waals surface area contributed by atoms with Crippen LogP contribution >= 0.6 is 15.9 Å². The summed E-state index contributed by atoms with van der Waals surface area (Å²) in [6.07, 6.45) is 0.557. The molecule has 1 saturated heterocycles. The first-order valence-corrected chi connectivity index (χ1v) is 9.90. The van der Waals surface area contributed by atoms with Gasteiger partial charge >= 0.3 is 5.97 Å². The fraction of sp³-hybridized carbons (Fsp3) is 0.381. The van der Waals surface area contributed by atoms with Crippen LogP contribution in [0.4, 0.5) is 0 Å². The van der Waals surface area contributed by atoms with Crippen molar-refractivity contribution in [2.45, 2.75) is 12.3 Å². The van der Waals surface area contributed by atoms with Gasteiger partial charge in [-0.3, -0.25) is 4.79 Å². The molecular weight excluding hydrogens is 444 g/mol. The van der Waals surface area contributed by atoms with Crippen molar-refractivity contribution in [3.8, 4) is 28.7 Å². The number of benzene rings is 2. The summed E-state index contributed by atoms with van der Waals surface area (Å²) in [7, 11) is 4.59. The maximum Gasteiger partial charge on any atom is 0.310 e. The average molecular weight is 465 g/mol. The number of aromatic hydroxyl groups is 2. The summed E-state index contributed by atoms with van der Waals surface area (Å²) in [4.78, 5) is 12.6. The SMILES string of the molecule is COc1cc([C@@H]2c3cc(O)c(O)c(Br)c3C[C@H]3COC(=O)[C@@H]32)cc(OC)c1OC. The second kappa shape index (κ2) is 7.33. The molecule has 0 radical (unpaired) electrons. The Morgan fingerprint density at radius 1 is 1.07 bits per heavy atom. The lowest BCUT2D eigenvalue weighted by Gasteiger charge is -2.34. The second-order valence-electron chi connectivity index (χ2n) is 7.18. The number of ether oxygens (including phenoxy) is 4. The number of carbonyl (C=O) groups is 1. The Kier molecular flexibility index (Phi) is 4.98. The number of esters is 1. The molecule has 4 rings (SSSR count). The average Bonchev–Trinajstić information content (AvgIpc) is 3.10. The Morgan fingerprint density at radius 3 is 2.31 bits per heavy atom. The van der Waals surface area contributed by atoms with E-state index in [4.69, 9.17) is 18.9 Å². The lowest BCUT2D eigenvalue weighted by Crippen LogP contribution is -2.31. The van der Waals surface area contributed by atoms with Crippen LogP contribution in [0.25, 0.3) is 0 Å². The van der Waals surface area contributed by atoms with Gasteiger partial charge in [0.15, 0.2) is 23.0 Å². The molecule has 154 valence electrons. The van der Waals surface area contributed by atoms with Gasteiger partial charge in [-0.2, -0.15) is 0 Å². The zero-order chi connectivity index (χ0) is 20.9. The lowest BCUT2D eigenvalue weighted by molar-refractivity contribution is -0.141. The predicted molar refractivity (Wildman–Crippen MR) is 107 cm³/mol. The van der Waals surface area contributed by atoms with Gasteiger partial charge in [-0.05, 0) is 57.2 Å². The first-order valence-electron chi connectivity index (χ1n) is 9.11. The van der Waals surface area contributed by atoms with Gasteiger partial charge < -0.3 is 29.2 Å². The number of methoxy groups -OCH3 is 3. The number of phenolic OH excluding ortho intramolecular Hbond substituents is 2. The number of cyclic esters (lactones) is 1. The van der Waals surface area contributed by atoms with E-state index in [2.05, 4.69) is 15.9 Å². The number of rotatable bonds is 4. The molecule has 29 heavy (non-hydrogen) atoms. The molecule has 2 aromatic carbocycles. The maximum atomic E-state index is 12.6. The highest BCUT2D eigenvalue weighted by Gasteiger charge is 2.48. The van der Waals surface area contributed by atoms with Crippen LogP contribution in [0.2, 0.25) is 0 Å². The van der Waals surface area contributed by atoms with Crippen molar-refractivity contribution in [3.63, 3.8) is 0 Å². The van der Waals surface area contributed by atoms with Crippen LogP contribution in [0.1, 0.15) is 22.6 Å². The Balaban J connectivity index is 1.98. The van der Waals surface area contributed by atoms with Crippen LogP contribution in [-0.2, 0) is 16.0 Å². The minimum Gasteiger partial charge on any atom is -0.504 e. The zero-order valence-electron chi connectivity index (χ0n) is 16.2. The monoisotopic (exact) mass is 464 g/mol. The van der Waals surface area contributed by atoms with Gasteiger partial charge in [-0.25, -0.2) is 0 Å².